The van der Waals surface area contributed by atoms with E-state index >= 15 is 0 Å². The highest BCUT2D eigenvalue weighted by Gasteiger charge is 2.16. The fraction of sp³-hybridized carbons (Fsp3) is 0. The molecular formula is C12H9F3N4O. The molecule has 0 spiro atoms. The predicted molar refractivity (Wildman–Crippen MR) is 66.3 cm³/mol. The zero-order valence-corrected chi connectivity index (χ0v) is 9.95. The number of hydrazine groups is 1. The molecule has 2 aromatic rings. The monoisotopic (exact) mass is 282 g/mol. The molecule has 0 saturated carbocycles. The third-order valence-electron chi connectivity index (χ3n) is 2.38. The fourth-order valence-electron chi connectivity index (χ4n) is 1.48. The SMILES string of the molecule is NNc1cccc(C(=O)Nc2c(F)cc(F)cc2F)n1. The molecule has 8 heteroatoms. The summed E-state index contributed by atoms with van der Waals surface area (Å²) >= 11 is 0. The Hall–Kier alpha value is -2.61. The number of nitrogens with zero attached hydrogens (tertiary/aromatic N) is 1. The van der Waals surface area contributed by atoms with E-state index in [2.05, 4.69) is 10.4 Å². The number of rotatable bonds is 3. The molecule has 1 aromatic carbocycles. The first-order valence-corrected chi connectivity index (χ1v) is 5.41. The van der Waals surface area contributed by atoms with Gasteiger partial charge in [0.05, 0.1) is 0 Å². The number of nitrogens with one attached hydrogen (secondary N) is 2. The van der Waals surface area contributed by atoms with Gasteiger partial charge in [-0.2, -0.15) is 0 Å². The first kappa shape index (κ1) is 13.8. The molecule has 0 bridgehead atoms. The number of nitrogens with two attached hydrogens (primary N) is 1. The summed E-state index contributed by atoms with van der Waals surface area (Å²) in [5.74, 6) is 0.966. The number of hydrogen-bond donors (Lipinski definition) is 3. The lowest BCUT2D eigenvalue weighted by molar-refractivity contribution is 0.102. The highest BCUT2D eigenvalue weighted by Crippen LogP contribution is 2.20. The molecule has 0 unspecified atom stereocenters. The van der Waals surface area contributed by atoms with Crippen molar-refractivity contribution in [3.8, 4) is 0 Å². The lowest BCUT2D eigenvalue weighted by atomic mass is 10.2. The van der Waals surface area contributed by atoms with Crippen LogP contribution in [0, 0.1) is 17.5 Å². The third kappa shape index (κ3) is 2.86. The van der Waals surface area contributed by atoms with E-state index in [0.717, 1.165) is 0 Å². The van der Waals surface area contributed by atoms with E-state index in [4.69, 9.17) is 5.84 Å². The molecule has 2 rings (SSSR count). The second-order valence-corrected chi connectivity index (χ2v) is 3.75. The van der Waals surface area contributed by atoms with Crippen molar-refractivity contribution in [2.45, 2.75) is 0 Å². The number of aromatic nitrogens is 1. The summed E-state index contributed by atoms with van der Waals surface area (Å²) in [6.45, 7) is 0. The summed E-state index contributed by atoms with van der Waals surface area (Å²) in [6.07, 6.45) is 0. The van der Waals surface area contributed by atoms with Gasteiger partial charge in [0.15, 0.2) is 11.6 Å². The van der Waals surface area contributed by atoms with E-state index in [9.17, 15) is 18.0 Å². The zero-order valence-electron chi connectivity index (χ0n) is 9.95. The topological polar surface area (TPSA) is 80.0 Å². The van der Waals surface area contributed by atoms with Crippen molar-refractivity contribution in [2.75, 3.05) is 10.7 Å². The number of anilines is 2. The highest BCUT2D eigenvalue weighted by molar-refractivity contribution is 6.03. The van der Waals surface area contributed by atoms with Crippen LogP contribution in [0.3, 0.4) is 0 Å². The largest absolute Gasteiger partial charge is 0.316 e. The van der Waals surface area contributed by atoms with Crippen LogP contribution in [-0.4, -0.2) is 10.9 Å². The van der Waals surface area contributed by atoms with E-state index in [-0.39, 0.29) is 11.5 Å². The van der Waals surface area contributed by atoms with E-state index in [1.807, 2.05) is 5.32 Å². The van der Waals surface area contributed by atoms with Gasteiger partial charge >= 0.3 is 0 Å². The number of pyridine rings is 1. The molecule has 1 amide bonds. The Morgan fingerprint density at radius 3 is 2.40 bits per heavy atom. The summed E-state index contributed by atoms with van der Waals surface area (Å²) in [7, 11) is 0. The Kier molecular flexibility index (Phi) is 3.85. The van der Waals surface area contributed by atoms with Crippen LogP contribution in [0.1, 0.15) is 10.5 Å². The first-order chi connectivity index (χ1) is 9.51. The molecule has 0 atom stereocenters. The molecule has 1 aromatic heterocycles. The minimum Gasteiger partial charge on any atom is -0.316 e. The van der Waals surface area contributed by atoms with Crippen LogP contribution in [0.5, 0.6) is 0 Å². The smallest absolute Gasteiger partial charge is 0.274 e. The summed E-state index contributed by atoms with van der Waals surface area (Å²) in [5, 5.41) is 1.99. The number of benzene rings is 1. The number of nitrogen functional groups attached to an aromatic ring is 1. The van der Waals surface area contributed by atoms with Crippen molar-refractivity contribution >= 4 is 17.4 Å². The molecule has 104 valence electrons. The molecule has 0 aliphatic heterocycles. The molecule has 0 aliphatic rings. The van der Waals surface area contributed by atoms with Crippen molar-refractivity contribution in [3.05, 3.63) is 53.5 Å². The van der Waals surface area contributed by atoms with E-state index < -0.39 is 29.0 Å². The van der Waals surface area contributed by atoms with Crippen LogP contribution in [0.4, 0.5) is 24.7 Å². The van der Waals surface area contributed by atoms with Crippen LogP contribution in [0.2, 0.25) is 0 Å². The van der Waals surface area contributed by atoms with Gasteiger partial charge in [-0.1, -0.05) is 6.07 Å². The van der Waals surface area contributed by atoms with Crippen molar-refractivity contribution in [2.24, 2.45) is 5.84 Å². The maximum atomic E-state index is 13.4. The van der Waals surface area contributed by atoms with Crippen molar-refractivity contribution < 1.29 is 18.0 Å². The highest BCUT2D eigenvalue weighted by atomic mass is 19.1. The molecule has 0 saturated heterocycles. The van der Waals surface area contributed by atoms with E-state index in [1.165, 1.54) is 18.2 Å². The van der Waals surface area contributed by atoms with Gasteiger partial charge in [-0.15, -0.1) is 0 Å². The average molecular weight is 282 g/mol. The maximum absolute atomic E-state index is 13.4. The van der Waals surface area contributed by atoms with Crippen molar-refractivity contribution in [1.82, 2.24) is 4.98 Å². The van der Waals surface area contributed by atoms with E-state index in [1.54, 1.807) is 0 Å². The van der Waals surface area contributed by atoms with Gasteiger partial charge in [0.25, 0.3) is 5.91 Å². The van der Waals surface area contributed by atoms with E-state index in [0.29, 0.717) is 12.1 Å². The molecule has 0 aliphatic carbocycles. The number of halogens is 3. The number of amides is 1. The summed E-state index contributed by atoms with van der Waals surface area (Å²) in [4.78, 5) is 15.6. The van der Waals surface area contributed by atoms with Crippen LogP contribution >= 0.6 is 0 Å². The summed E-state index contributed by atoms with van der Waals surface area (Å²) in [5.41, 5.74) is 1.37. The lowest BCUT2D eigenvalue weighted by Crippen LogP contribution is -2.17. The summed E-state index contributed by atoms with van der Waals surface area (Å²) < 4.78 is 39.5. The van der Waals surface area contributed by atoms with Gasteiger partial charge in [-0.05, 0) is 12.1 Å². The quantitative estimate of drug-likeness (QED) is 0.594. The second-order valence-electron chi connectivity index (χ2n) is 3.75. The number of carbonyl (C=O) groups is 1. The average Bonchev–Trinajstić information content (AvgIpc) is 2.42. The maximum Gasteiger partial charge on any atom is 0.274 e. The Balaban J connectivity index is 2.28. The van der Waals surface area contributed by atoms with Gasteiger partial charge in [0.1, 0.15) is 23.0 Å². The summed E-state index contributed by atoms with van der Waals surface area (Å²) in [6, 6.07) is 5.23. The Morgan fingerprint density at radius 1 is 1.15 bits per heavy atom. The first-order valence-electron chi connectivity index (χ1n) is 5.41. The van der Waals surface area contributed by atoms with Gasteiger partial charge in [0.2, 0.25) is 0 Å². The van der Waals surface area contributed by atoms with Gasteiger partial charge in [0, 0.05) is 12.1 Å². The third-order valence-corrected chi connectivity index (χ3v) is 2.38. The second kappa shape index (κ2) is 5.57. The predicted octanol–water partition coefficient (Wildman–Crippen LogP) is 2.04. The minimum atomic E-state index is -1.22. The van der Waals surface area contributed by atoms with Crippen LogP contribution in [0.25, 0.3) is 0 Å². The van der Waals surface area contributed by atoms with Gasteiger partial charge < -0.3 is 10.7 Å². The van der Waals surface area contributed by atoms with Crippen molar-refractivity contribution in [3.63, 3.8) is 0 Å². The number of carbonyl (C=O) groups excluding carboxylic acids is 1. The van der Waals surface area contributed by atoms with Crippen LogP contribution < -0.4 is 16.6 Å². The molecule has 20 heavy (non-hydrogen) atoms. The Bertz CT molecular complexity index is 640. The Morgan fingerprint density at radius 2 is 1.80 bits per heavy atom. The Labute approximate surface area is 111 Å². The van der Waals surface area contributed by atoms with Gasteiger partial charge in [-0.3, -0.25) is 4.79 Å². The minimum absolute atomic E-state index is 0.108. The molecule has 0 fully saturated rings. The van der Waals surface area contributed by atoms with Crippen LogP contribution in [-0.2, 0) is 0 Å². The van der Waals surface area contributed by atoms with Crippen molar-refractivity contribution in [1.29, 1.82) is 0 Å². The van der Waals surface area contributed by atoms with Crippen LogP contribution in [0.15, 0.2) is 30.3 Å². The molecule has 1 heterocycles. The molecular weight excluding hydrogens is 273 g/mol. The molecule has 4 N–H and O–H groups in total. The molecule has 0 radical (unpaired) electrons. The van der Waals surface area contributed by atoms with Gasteiger partial charge in [-0.25, -0.2) is 24.0 Å². The lowest BCUT2D eigenvalue weighted by Gasteiger charge is -2.08. The number of hydrogen-bond acceptors (Lipinski definition) is 4. The standard InChI is InChI=1S/C12H9F3N4O/c13-6-4-7(14)11(8(15)5-6)18-12(20)9-2-1-3-10(17-9)19-16/h1-5H,16H2,(H,17,19)(H,18,20). The molecule has 5 nitrogen and oxygen atoms in total. The fourth-order valence-corrected chi connectivity index (χ4v) is 1.48. The normalized spacial score (nSPS) is 10.2. The zero-order chi connectivity index (χ0) is 14.7.